The highest BCUT2D eigenvalue weighted by molar-refractivity contribution is 7.27. The van der Waals surface area contributed by atoms with Crippen molar-refractivity contribution in [2.24, 2.45) is 12.2 Å². The van der Waals surface area contributed by atoms with Crippen LogP contribution in [0.3, 0.4) is 0 Å². The summed E-state index contributed by atoms with van der Waals surface area (Å²) in [5, 5.41) is 11.5. The lowest BCUT2D eigenvalue weighted by Gasteiger charge is -2.12. The average molecular weight is 422 g/mol. The van der Waals surface area contributed by atoms with E-state index in [2.05, 4.69) is 24.8 Å². The standard InChI is InChI=1S/C23H27N4O2P/c1-5-14-29-26-15(2)17-10-12-18(13-11-17)19-8-6-7-9-20(19)24-22(28)21-16(3)25-27(4)23(21)30/h6-13H,5,14,30H2,1-4H3,(H,24,28)/b26-15+. The van der Waals surface area contributed by atoms with E-state index in [4.69, 9.17) is 4.84 Å². The van der Waals surface area contributed by atoms with E-state index in [0.717, 1.165) is 39.9 Å². The van der Waals surface area contributed by atoms with E-state index in [1.807, 2.05) is 76.3 Å². The van der Waals surface area contributed by atoms with Crippen LogP contribution in [0.5, 0.6) is 0 Å². The predicted octanol–water partition coefficient (Wildman–Crippen LogP) is 4.30. The summed E-state index contributed by atoms with van der Waals surface area (Å²) in [7, 11) is 4.40. The minimum Gasteiger partial charge on any atom is -0.396 e. The van der Waals surface area contributed by atoms with Crippen molar-refractivity contribution in [1.82, 2.24) is 9.78 Å². The zero-order valence-electron chi connectivity index (χ0n) is 17.8. The normalized spacial score (nSPS) is 11.4. The molecule has 6 nitrogen and oxygen atoms in total. The Hall–Kier alpha value is -2.98. The third kappa shape index (κ3) is 4.77. The van der Waals surface area contributed by atoms with Crippen molar-refractivity contribution in [2.75, 3.05) is 11.9 Å². The lowest BCUT2D eigenvalue weighted by molar-refractivity contribution is 0.102. The molecule has 1 unspecified atom stereocenters. The van der Waals surface area contributed by atoms with Crippen molar-refractivity contribution < 1.29 is 9.63 Å². The number of hydrogen-bond donors (Lipinski definition) is 1. The second kappa shape index (κ2) is 9.68. The first-order valence-corrected chi connectivity index (χ1v) is 10.5. The highest BCUT2D eigenvalue weighted by Crippen LogP contribution is 2.28. The highest BCUT2D eigenvalue weighted by atomic mass is 31.0. The Labute approximate surface area is 179 Å². The van der Waals surface area contributed by atoms with Crippen molar-refractivity contribution in [3.05, 3.63) is 65.4 Å². The molecule has 0 saturated carbocycles. The van der Waals surface area contributed by atoms with Gasteiger partial charge in [-0.2, -0.15) is 5.10 Å². The summed E-state index contributed by atoms with van der Waals surface area (Å²) in [6.07, 6.45) is 0.926. The van der Waals surface area contributed by atoms with Gasteiger partial charge < -0.3 is 10.2 Å². The zero-order valence-corrected chi connectivity index (χ0v) is 18.9. The molecule has 0 fully saturated rings. The molecule has 30 heavy (non-hydrogen) atoms. The molecule has 1 atom stereocenters. The van der Waals surface area contributed by atoms with Crippen molar-refractivity contribution in [3.8, 4) is 11.1 Å². The molecule has 2 aromatic carbocycles. The highest BCUT2D eigenvalue weighted by Gasteiger charge is 2.18. The predicted molar refractivity (Wildman–Crippen MR) is 126 cm³/mol. The molecule has 156 valence electrons. The van der Waals surface area contributed by atoms with Crippen LogP contribution in [0.15, 0.2) is 53.7 Å². The van der Waals surface area contributed by atoms with Crippen LogP contribution in [0.2, 0.25) is 0 Å². The quantitative estimate of drug-likeness (QED) is 0.267. The minimum atomic E-state index is -0.175. The number of amides is 1. The fourth-order valence-corrected chi connectivity index (χ4v) is 3.56. The lowest BCUT2D eigenvalue weighted by Crippen LogP contribution is -2.20. The molecular formula is C23H27N4O2P. The van der Waals surface area contributed by atoms with Crippen LogP contribution in [0.25, 0.3) is 11.1 Å². The van der Waals surface area contributed by atoms with Crippen LogP contribution < -0.4 is 10.8 Å². The molecule has 0 spiro atoms. The minimum absolute atomic E-state index is 0.175. The van der Waals surface area contributed by atoms with Crippen LogP contribution in [-0.2, 0) is 11.9 Å². The number of benzene rings is 2. The summed E-state index contributed by atoms with van der Waals surface area (Å²) in [5.41, 5.74) is 6.55. The van der Waals surface area contributed by atoms with Crippen LogP contribution >= 0.6 is 9.24 Å². The van der Waals surface area contributed by atoms with Gasteiger partial charge >= 0.3 is 0 Å². The Morgan fingerprint density at radius 1 is 1.20 bits per heavy atom. The maximum atomic E-state index is 12.9. The summed E-state index contributed by atoms with van der Waals surface area (Å²) in [6.45, 7) is 6.42. The third-order valence-electron chi connectivity index (χ3n) is 4.78. The van der Waals surface area contributed by atoms with Crippen LogP contribution in [-0.4, -0.2) is 28.0 Å². The fraction of sp³-hybridized carbons (Fsp3) is 0.261. The van der Waals surface area contributed by atoms with Gasteiger partial charge in [-0.1, -0.05) is 63.8 Å². The van der Waals surface area contributed by atoms with Crippen molar-refractivity contribution in [2.45, 2.75) is 27.2 Å². The molecule has 0 aliphatic carbocycles. The molecule has 1 heterocycles. The Morgan fingerprint density at radius 3 is 2.53 bits per heavy atom. The van der Waals surface area contributed by atoms with Crippen molar-refractivity contribution in [1.29, 1.82) is 0 Å². The molecule has 7 heteroatoms. The van der Waals surface area contributed by atoms with E-state index in [1.54, 1.807) is 4.68 Å². The summed E-state index contributed by atoms with van der Waals surface area (Å²) >= 11 is 0. The maximum Gasteiger partial charge on any atom is 0.259 e. The van der Waals surface area contributed by atoms with E-state index < -0.39 is 0 Å². The SMILES string of the molecule is CCCO/N=C(\C)c1ccc(-c2ccccc2NC(=O)c2c(C)nn(C)c2P)cc1. The number of hydrogen-bond acceptors (Lipinski definition) is 4. The van der Waals surface area contributed by atoms with E-state index in [0.29, 0.717) is 17.9 Å². The second-order valence-corrected chi connectivity index (χ2v) is 7.60. The Balaban J connectivity index is 1.85. The number of aryl methyl sites for hydroxylation is 2. The van der Waals surface area contributed by atoms with Gasteiger partial charge in [0.05, 0.1) is 22.4 Å². The van der Waals surface area contributed by atoms with Crippen molar-refractivity contribution >= 4 is 32.0 Å². The second-order valence-electron chi connectivity index (χ2n) is 7.06. The molecule has 1 aromatic heterocycles. The van der Waals surface area contributed by atoms with E-state index in [9.17, 15) is 4.79 Å². The molecule has 0 aliphatic rings. The summed E-state index contributed by atoms with van der Waals surface area (Å²) < 4.78 is 1.69. The molecular weight excluding hydrogens is 395 g/mol. The smallest absolute Gasteiger partial charge is 0.259 e. The van der Waals surface area contributed by atoms with Gasteiger partial charge in [0.2, 0.25) is 0 Å². The van der Waals surface area contributed by atoms with E-state index in [-0.39, 0.29) is 5.91 Å². The first-order chi connectivity index (χ1) is 14.4. The third-order valence-corrected chi connectivity index (χ3v) is 5.44. The van der Waals surface area contributed by atoms with Gasteiger partial charge in [0.1, 0.15) is 6.61 Å². The van der Waals surface area contributed by atoms with Crippen molar-refractivity contribution in [3.63, 3.8) is 0 Å². The Morgan fingerprint density at radius 2 is 1.90 bits per heavy atom. The van der Waals surface area contributed by atoms with Gasteiger partial charge in [0.25, 0.3) is 5.91 Å². The van der Waals surface area contributed by atoms with Gasteiger partial charge in [0, 0.05) is 18.3 Å². The Bertz CT molecular complexity index is 1070. The van der Waals surface area contributed by atoms with Gasteiger partial charge in [-0.15, -0.1) is 0 Å². The molecule has 0 bridgehead atoms. The number of nitrogens with zero attached hydrogens (tertiary/aromatic N) is 3. The van der Waals surface area contributed by atoms with Gasteiger partial charge in [0.15, 0.2) is 0 Å². The van der Waals surface area contributed by atoms with Crippen LogP contribution in [0.4, 0.5) is 5.69 Å². The maximum absolute atomic E-state index is 12.9. The number of anilines is 1. The number of nitrogens with one attached hydrogen (secondary N) is 1. The summed E-state index contributed by atoms with van der Waals surface area (Å²) in [5.74, 6) is -0.175. The van der Waals surface area contributed by atoms with E-state index >= 15 is 0 Å². The largest absolute Gasteiger partial charge is 0.396 e. The lowest BCUT2D eigenvalue weighted by atomic mass is 10.0. The molecule has 1 N–H and O–H groups in total. The van der Waals surface area contributed by atoms with Crippen LogP contribution in [0, 0.1) is 6.92 Å². The zero-order chi connectivity index (χ0) is 21.7. The topological polar surface area (TPSA) is 68.5 Å². The molecule has 0 aliphatic heterocycles. The average Bonchev–Trinajstić information content (AvgIpc) is 3.00. The first-order valence-electron chi connectivity index (χ1n) is 9.89. The monoisotopic (exact) mass is 422 g/mol. The number of para-hydroxylation sites is 1. The summed E-state index contributed by atoms with van der Waals surface area (Å²) in [6, 6.07) is 15.8. The van der Waals surface area contributed by atoms with Crippen LogP contribution in [0.1, 0.15) is 41.9 Å². The fourth-order valence-electron chi connectivity index (χ4n) is 3.16. The Kier molecular flexibility index (Phi) is 7.01. The molecule has 3 aromatic rings. The molecule has 3 rings (SSSR count). The van der Waals surface area contributed by atoms with Gasteiger partial charge in [-0.05, 0) is 37.5 Å². The number of carbonyl (C=O) groups excluding carboxylic acids is 1. The number of carbonyl (C=O) groups is 1. The molecule has 0 saturated heterocycles. The number of rotatable bonds is 7. The molecule has 0 radical (unpaired) electrons. The molecule has 1 amide bonds. The number of oxime groups is 1. The van der Waals surface area contributed by atoms with Gasteiger partial charge in [-0.3, -0.25) is 9.48 Å². The summed E-state index contributed by atoms with van der Waals surface area (Å²) in [4.78, 5) is 18.2. The van der Waals surface area contributed by atoms with E-state index in [1.165, 1.54) is 0 Å². The van der Waals surface area contributed by atoms with Gasteiger partial charge in [-0.25, -0.2) is 0 Å². The first kappa shape index (κ1) is 21.7. The number of aromatic nitrogens is 2.